The van der Waals surface area contributed by atoms with Crippen molar-refractivity contribution < 1.29 is 23.1 Å². The molecule has 0 radical (unpaired) electrons. The van der Waals surface area contributed by atoms with Gasteiger partial charge >= 0.3 is 6.18 Å². The van der Waals surface area contributed by atoms with Gasteiger partial charge in [-0.05, 0) is 79.0 Å². The van der Waals surface area contributed by atoms with Gasteiger partial charge in [0.2, 0.25) is 5.91 Å². The molecule has 3 nitrogen and oxygen atoms in total. The number of aryl methyl sites for hydroxylation is 4. The summed E-state index contributed by atoms with van der Waals surface area (Å²) in [4.78, 5) is 11.5. The van der Waals surface area contributed by atoms with E-state index in [1.807, 2.05) is 38.2 Å². The number of benzene rings is 2. The van der Waals surface area contributed by atoms with Gasteiger partial charge in [0, 0.05) is 6.42 Å². The number of rotatable bonds is 8. The number of carbonyl (C=O) groups excluding carboxylic acids is 1. The Labute approximate surface area is 170 Å². The molecule has 1 amide bonds. The Hall–Kier alpha value is -2.50. The van der Waals surface area contributed by atoms with E-state index in [4.69, 9.17) is 0 Å². The van der Waals surface area contributed by atoms with E-state index >= 15 is 0 Å². The number of hydrogen-bond acceptors (Lipinski definition) is 2. The summed E-state index contributed by atoms with van der Waals surface area (Å²) in [6, 6.07) is 9.85. The van der Waals surface area contributed by atoms with Crippen LogP contribution in [0.4, 0.5) is 13.2 Å². The average Bonchev–Trinajstić information content (AvgIpc) is 2.63. The van der Waals surface area contributed by atoms with Crippen molar-refractivity contribution in [2.75, 3.05) is 6.54 Å². The van der Waals surface area contributed by atoms with Crippen LogP contribution in [0, 0.1) is 13.8 Å². The van der Waals surface area contributed by atoms with E-state index in [9.17, 15) is 23.1 Å². The van der Waals surface area contributed by atoms with Gasteiger partial charge in [0.1, 0.15) is 12.3 Å². The molecular weight excluding hydrogens is 379 g/mol. The molecule has 0 unspecified atom stereocenters. The number of aromatic hydroxyl groups is 1. The van der Waals surface area contributed by atoms with Crippen molar-refractivity contribution in [1.29, 1.82) is 0 Å². The first kappa shape index (κ1) is 22.8. The van der Waals surface area contributed by atoms with Crippen LogP contribution in [0.3, 0.4) is 0 Å². The fraction of sp³-hybridized carbons (Fsp3) is 0.435. The highest BCUT2D eigenvalue weighted by molar-refractivity contribution is 5.75. The summed E-state index contributed by atoms with van der Waals surface area (Å²) in [5.74, 6) is -0.259. The van der Waals surface area contributed by atoms with Crippen molar-refractivity contribution in [3.05, 3.63) is 63.7 Å². The maximum Gasteiger partial charge on any atom is 0.405 e. The van der Waals surface area contributed by atoms with Crippen LogP contribution < -0.4 is 5.32 Å². The van der Waals surface area contributed by atoms with Crippen LogP contribution in [0.25, 0.3) is 0 Å². The summed E-state index contributed by atoms with van der Waals surface area (Å²) >= 11 is 0. The summed E-state index contributed by atoms with van der Waals surface area (Å²) < 4.78 is 36.4. The molecule has 29 heavy (non-hydrogen) atoms. The first-order valence-corrected chi connectivity index (χ1v) is 9.82. The van der Waals surface area contributed by atoms with Crippen LogP contribution in [0.5, 0.6) is 5.75 Å². The summed E-state index contributed by atoms with van der Waals surface area (Å²) in [6.07, 6.45) is -1.63. The van der Waals surface area contributed by atoms with E-state index in [0.29, 0.717) is 18.6 Å². The maximum absolute atomic E-state index is 12.1. The van der Waals surface area contributed by atoms with Crippen LogP contribution in [-0.4, -0.2) is 23.7 Å². The molecule has 0 fully saturated rings. The van der Waals surface area contributed by atoms with Crippen molar-refractivity contribution in [3.8, 4) is 5.75 Å². The minimum absolute atomic E-state index is 0.0726. The Morgan fingerprint density at radius 1 is 1.07 bits per heavy atom. The molecule has 0 saturated carbocycles. The monoisotopic (exact) mass is 407 g/mol. The molecular formula is C23H28F3NO2. The third kappa shape index (κ3) is 7.11. The van der Waals surface area contributed by atoms with E-state index in [0.717, 1.165) is 40.7 Å². The number of phenols is 1. The zero-order valence-corrected chi connectivity index (χ0v) is 17.1. The number of amides is 1. The van der Waals surface area contributed by atoms with E-state index in [1.54, 1.807) is 6.07 Å². The molecule has 2 aromatic rings. The van der Waals surface area contributed by atoms with E-state index in [2.05, 4.69) is 12.1 Å². The molecule has 2 aromatic carbocycles. The Morgan fingerprint density at radius 3 is 2.31 bits per heavy atom. The van der Waals surface area contributed by atoms with Crippen molar-refractivity contribution in [3.63, 3.8) is 0 Å². The van der Waals surface area contributed by atoms with Gasteiger partial charge in [-0.3, -0.25) is 4.79 Å². The third-order valence-electron chi connectivity index (χ3n) is 5.02. The van der Waals surface area contributed by atoms with E-state index < -0.39 is 18.6 Å². The molecule has 0 aliphatic carbocycles. The summed E-state index contributed by atoms with van der Waals surface area (Å²) in [5.41, 5.74) is 6.66. The standard InChI is InChI=1S/C23H28F3NO2/c1-4-19-12-18(8-9-21(19)28)13-20-15(2)10-17(11-16(20)3)6-5-7-22(29)27-14-23(24,25)26/h8-12,28H,4-7,13-14H2,1-3H3,(H,27,29). The molecule has 2 N–H and O–H groups in total. The molecule has 158 valence electrons. The highest BCUT2D eigenvalue weighted by Gasteiger charge is 2.27. The number of carbonyl (C=O) groups is 1. The molecule has 6 heteroatoms. The predicted molar refractivity (Wildman–Crippen MR) is 108 cm³/mol. The lowest BCUT2D eigenvalue weighted by Gasteiger charge is -2.14. The smallest absolute Gasteiger partial charge is 0.405 e. The molecule has 0 aromatic heterocycles. The third-order valence-corrected chi connectivity index (χ3v) is 5.02. The lowest BCUT2D eigenvalue weighted by molar-refractivity contribution is -0.138. The molecule has 0 spiro atoms. The SMILES string of the molecule is CCc1cc(Cc2c(C)cc(CCCC(=O)NCC(F)(F)F)cc2C)ccc1O. The minimum Gasteiger partial charge on any atom is -0.508 e. The Bertz CT molecular complexity index is 837. The summed E-state index contributed by atoms with van der Waals surface area (Å²) in [6.45, 7) is 4.81. The molecule has 0 aliphatic rings. The van der Waals surface area contributed by atoms with Crippen LogP contribution in [0.15, 0.2) is 30.3 Å². The van der Waals surface area contributed by atoms with Gasteiger partial charge in [-0.15, -0.1) is 0 Å². The number of halogens is 3. The summed E-state index contributed by atoms with van der Waals surface area (Å²) in [7, 11) is 0. The highest BCUT2D eigenvalue weighted by atomic mass is 19.4. The molecule has 0 heterocycles. The fourth-order valence-corrected chi connectivity index (χ4v) is 3.48. The lowest BCUT2D eigenvalue weighted by atomic mass is 9.92. The average molecular weight is 407 g/mol. The zero-order valence-electron chi connectivity index (χ0n) is 17.1. The van der Waals surface area contributed by atoms with Gasteiger partial charge in [-0.25, -0.2) is 0 Å². The second kappa shape index (κ2) is 9.81. The van der Waals surface area contributed by atoms with Crippen molar-refractivity contribution in [2.45, 2.75) is 59.1 Å². The Kier molecular flexibility index (Phi) is 7.71. The molecule has 0 atom stereocenters. The first-order valence-electron chi connectivity index (χ1n) is 9.82. The van der Waals surface area contributed by atoms with Crippen LogP contribution in [-0.2, 0) is 24.1 Å². The molecule has 2 rings (SSSR count). The minimum atomic E-state index is -4.38. The highest BCUT2D eigenvalue weighted by Crippen LogP contribution is 2.25. The van der Waals surface area contributed by atoms with Gasteiger partial charge < -0.3 is 10.4 Å². The van der Waals surface area contributed by atoms with Crippen LogP contribution in [0.1, 0.15) is 53.1 Å². The van der Waals surface area contributed by atoms with E-state index in [1.165, 1.54) is 5.56 Å². The molecule has 0 bridgehead atoms. The molecule has 0 saturated heterocycles. The van der Waals surface area contributed by atoms with Crippen molar-refractivity contribution in [2.24, 2.45) is 0 Å². The van der Waals surface area contributed by atoms with Gasteiger partial charge in [-0.2, -0.15) is 13.2 Å². The molecule has 0 aliphatic heterocycles. The number of phenolic OH excluding ortho intramolecular Hbond substituents is 1. The van der Waals surface area contributed by atoms with E-state index in [-0.39, 0.29) is 6.42 Å². The van der Waals surface area contributed by atoms with Gasteiger partial charge in [0.25, 0.3) is 0 Å². The van der Waals surface area contributed by atoms with Gasteiger partial charge in [-0.1, -0.05) is 31.2 Å². The van der Waals surface area contributed by atoms with Gasteiger partial charge in [0.15, 0.2) is 0 Å². The first-order chi connectivity index (χ1) is 13.6. The normalized spacial score (nSPS) is 11.5. The van der Waals surface area contributed by atoms with Crippen LogP contribution >= 0.6 is 0 Å². The number of nitrogens with one attached hydrogen (secondary N) is 1. The largest absolute Gasteiger partial charge is 0.508 e. The maximum atomic E-state index is 12.1. The number of alkyl halides is 3. The fourth-order valence-electron chi connectivity index (χ4n) is 3.48. The predicted octanol–water partition coefficient (Wildman–Crippen LogP) is 5.16. The Balaban J connectivity index is 1.98. The Morgan fingerprint density at radius 2 is 1.72 bits per heavy atom. The van der Waals surface area contributed by atoms with Crippen LogP contribution in [0.2, 0.25) is 0 Å². The van der Waals surface area contributed by atoms with Crippen molar-refractivity contribution >= 4 is 5.91 Å². The second-order valence-corrected chi connectivity index (χ2v) is 7.45. The zero-order chi connectivity index (χ0) is 21.6. The van der Waals surface area contributed by atoms with Crippen molar-refractivity contribution in [1.82, 2.24) is 5.32 Å². The number of hydrogen-bond donors (Lipinski definition) is 2. The van der Waals surface area contributed by atoms with Gasteiger partial charge in [0.05, 0.1) is 0 Å². The lowest BCUT2D eigenvalue weighted by Crippen LogP contribution is -2.33. The summed E-state index contributed by atoms with van der Waals surface area (Å²) in [5, 5.41) is 11.8. The topological polar surface area (TPSA) is 49.3 Å². The quantitative estimate of drug-likeness (QED) is 0.635. The second-order valence-electron chi connectivity index (χ2n) is 7.45.